The number of hydrogen-bond donors (Lipinski definition) is 20. The Balaban J connectivity index is 1.04. The number of likely N-dealkylation sites (N-methyl/N-ethyl adjacent to an activating group) is 1. The molecule has 7 heterocycles. The number of hydrogen-bond acceptors (Lipinski definition) is 26. The van der Waals surface area contributed by atoms with E-state index >= 15 is 24.0 Å². The van der Waals surface area contributed by atoms with E-state index in [9.17, 15) is 60.3 Å². The molecule has 0 saturated carbocycles. The monoisotopic (exact) mass is 1720 g/mol. The number of rotatable bonds is 21. The van der Waals surface area contributed by atoms with E-state index in [4.69, 9.17) is 74.7 Å². The lowest BCUT2D eigenvalue weighted by Crippen LogP contribution is -2.65. The van der Waals surface area contributed by atoms with E-state index in [2.05, 4.69) is 47.9 Å². The Labute approximate surface area is 702 Å². The molecule has 18 atom stereocenters. The first kappa shape index (κ1) is 88.8. The molecule has 7 aromatic carbocycles. The Morgan fingerprint density at radius 3 is 1.90 bits per heavy atom. The highest BCUT2D eigenvalue weighted by Gasteiger charge is 2.52. The van der Waals surface area contributed by atoms with Crippen molar-refractivity contribution >= 4 is 82.1 Å². The molecule has 0 aromatic heterocycles. The van der Waals surface area contributed by atoms with Gasteiger partial charge in [-0.2, -0.15) is 0 Å². The van der Waals surface area contributed by atoms with Crippen LogP contribution in [0.15, 0.2) is 127 Å². The molecule has 640 valence electrons. The molecule has 7 aliphatic rings. The molecule has 0 spiro atoms. The van der Waals surface area contributed by atoms with Gasteiger partial charge in [0.2, 0.25) is 59.3 Å². The molecule has 0 unspecified atom stereocenters. The Kier molecular flexibility index (Phi) is 28.2. The third kappa shape index (κ3) is 19.9. The first-order valence-corrected chi connectivity index (χ1v) is 39.8. The van der Waals surface area contributed by atoms with Gasteiger partial charge in [-0.1, -0.05) is 103 Å². The van der Waals surface area contributed by atoms with E-state index in [0.717, 1.165) is 71.3 Å². The molecule has 7 aliphatic heterocycles. The smallest absolute Gasteiger partial charge is 0.248 e. The van der Waals surface area contributed by atoms with Gasteiger partial charge in [-0.05, 0) is 164 Å². The quantitative estimate of drug-likeness (QED) is 0.0452. The summed E-state index contributed by atoms with van der Waals surface area (Å²) < 4.78 is 39.7. The SMILES string of the molecule is CN[C@H](CC(C)C)C(=O)N[C@H]1C(=O)N[C@@H](CC(N)=O)C(=O)N[C@H]2C(=O)N[C@H]3C(=O)N[C@H](C(=O)N[C@H](C(=O)NCCCCN)c4cc(O)cc(O)c4-c4cc3ccc4O)[C@H](O)c3ccc(c(Cl)c3)Oc3cc2cc(c3O[C@@H]2O[C@H](CO)[C@@H](O)[C@H](O)[C@H]2O[C@H]2C[C@](C)(NCc3ccc(-c4ccc(Cl)cc4)cc3)[C@H](O)[C@H](C)O2)Oc2ccc(cc2Cl)[C@H]1O. The maximum atomic E-state index is 16.3. The molecule has 8 amide bonds. The minimum atomic E-state index is -2.35. The molecule has 37 heteroatoms. The zero-order valence-corrected chi connectivity index (χ0v) is 67.7. The van der Waals surface area contributed by atoms with Crippen LogP contribution >= 0.6 is 34.8 Å². The summed E-state index contributed by atoms with van der Waals surface area (Å²) in [6.07, 6.45) is -17.8. The number of fused-ring (bicyclic) bond motifs is 15. The summed E-state index contributed by atoms with van der Waals surface area (Å²) in [7, 11) is 1.48. The fourth-order valence-corrected chi connectivity index (χ4v) is 15.6. The lowest BCUT2D eigenvalue weighted by Gasteiger charge is -2.48. The fourth-order valence-electron chi connectivity index (χ4n) is 15.0. The van der Waals surface area contributed by atoms with Crippen LogP contribution in [0.1, 0.15) is 124 Å². The molecule has 2 saturated heterocycles. The first-order chi connectivity index (χ1) is 57.1. The third-order valence-electron chi connectivity index (χ3n) is 21.5. The van der Waals surface area contributed by atoms with Gasteiger partial charge in [0.15, 0.2) is 23.9 Å². The van der Waals surface area contributed by atoms with Gasteiger partial charge in [0.05, 0.1) is 41.3 Å². The highest BCUT2D eigenvalue weighted by molar-refractivity contribution is 6.32. The van der Waals surface area contributed by atoms with Crippen LogP contribution in [0.25, 0.3) is 22.3 Å². The minimum Gasteiger partial charge on any atom is -0.508 e. The third-order valence-corrected chi connectivity index (χ3v) is 22.3. The maximum Gasteiger partial charge on any atom is 0.248 e. The molecule has 11 bridgehead atoms. The van der Waals surface area contributed by atoms with Crippen LogP contribution in [-0.4, -0.2) is 199 Å². The standard InChI is InChI=1S/C83H94Cl3N11O23/c1-36(2)24-51(89-5)75(108)96-66-68(103)42-15-20-55(49(85)26-42)116-57-28-44-29-58(72(57)120-82-73(71(106)70(105)59(35-98)118-82)119-61-33-83(4,74(107)37(3)115-61)91-34-38-8-10-39(11-9-38)40-12-17-45(84)18-13-40)117-56-21-16-43(27-50(56)86)69(104)67-81(114)95-65(77(110)90-23-7-6-22-87)48-30-46(99)31-54(101)62(48)47-25-41(14-19-53(47)100)63(78(111)97-67)94-79(112)64(44)93-76(109)52(32-60(88)102)92-80(66)113/h8-21,25-31,36-37,51-52,59,61,63-71,73-74,82,89,91,98-101,103-107H,6-7,22-24,32-35,87H2,1-5H3,(H2,88,102)(H,90,110)(H,92,113)(H,93,109)(H,94,112)(H,95,114)(H,96,108)(H,97,111)/t37-,51+,52-,59+,61-,63+,64+,65-,66+,67-,68+,69+,70+,71-,73+,74+,82-,83-/m0/s1. The fraction of sp³-hybridized carbons (Fsp3) is 0.398. The number of phenols is 3. The molecule has 0 radical (unpaired) electrons. The van der Waals surface area contributed by atoms with Gasteiger partial charge >= 0.3 is 0 Å². The number of benzene rings is 7. The Morgan fingerprint density at radius 1 is 0.667 bits per heavy atom. The summed E-state index contributed by atoms with van der Waals surface area (Å²) in [5, 5.41) is 131. The lowest BCUT2D eigenvalue weighted by atomic mass is 9.84. The van der Waals surface area contributed by atoms with Crippen LogP contribution in [0.4, 0.5) is 0 Å². The number of aromatic hydroxyl groups is 3. The van der Waals surface area contributed by atoms with Gasteiger partial charge in [0, 0.05) is 47.3 Å². The normalized spacial score (nSPS) is 26.6. The second-order valence-electron chi connectivity index (χ2n) is 30.6. The van der Waals surface area contributed by atoms with Gasteiger partial charge in [0.25, 0.3) is 0 Å². The van der Waals surface area contributed by atoms with Crippen molar-refractivity contribution in [2.45, 2.75) is 176 Å². The lowest BCUT2D eigenvalue weighted by molar-refractivity contribution is -0.334. The number of amides is 8. The van der Waals surface area contributed by atoms with Crippen molar-refractivity contribution in [1.82, 2.24) is 47.9 Å². The molecule has 14 rings (SSSR count). The van der Waals surface area contributed by atoms with E-state index in [-0.39, 0.29) is 82.7 Å². The van der Waals surface area contributed by atoms with Crippen molar-refractivity contribution in [1.29, 1.82) is 0 Å². The van der Waals surface area contributed by atoms with Gasteiger partial charge in [-0.15, -0.1) is 0 Å². The van der Waals surface area contributed by atoms with Gasteiger partial charge in [0.1, 0.15) is 95.5 Å². The Bertz CT molecular complexity index is 5000. The minimum absolute atomic E-state index is 0.0256. The number of nitrogens with one attached hydrogen (secondary N) is 9. The van der Waals surface area contributed by atoms with Gasteiger partial charge in [-0.25, -0.2) is 0 Å². The number of ether oxygens (including phenoxy) is 6. The maximum absolute atomic E-state index is 16.3. The highest BCUT2D eigenvalue weighted by Crippen LogP contribution is 2.50. The van der Waals surface area contributed by atoms with E-state index in [0.29, 0.717) is 17.9 Å². The van der Waals surface area contributed by atoms with Crippen molar-refractivity contribution in [2.75, 3.05) is 26.7 Å². The molecule has 120 heavy (non-hydrogen) atoms. The van der Waals surface area contributed by atoms with Crippen LogP contribution in [0, 0.1) is 5.92 Å². The van der Waals surface area contributed by atoms with E-state index < -0.39 is 220 Å². The van der Waals surface area contributed by atoms with Crippen molar-refractivity contribution < 1.29 is 113 Å². The predicted octanol–water partition coefficient (Wildman–Crippen LogP) is 4.03. The van der Waals surface area contributed by atoms with Crippen molar-refractivity contribution in [3.8, 4) is 68.2 Å². The summed E-state index contributed by atoms with van der Waals surface area (Å²) in [5.41, 5.74) is 10.7. The number of carbonyl (C=O) groups excluding carboxylic acids is 8. The largest absolute Gasteiger partial charge is 0.508 e. The van der Waals surface area contributed by atoms with Gasteiger partial charge in [-0.3, -0.25) is 38.4 Å². The zero-order valence-electron chi connectivity index (χ0n) is 65.4. The zero-order chi connectivity index (χ0) is 86.5. The van der Waals surface area contributed by atoms with E-state index in [1.54, 1.807) is 26.0 Å². The second kappa shape index (κ2) is 38.1. The molecule has 2 fully saturated rings. The highest BCUT2D eigenvalue weighted by atomic mass is 35.5. The molecular weight excluding hydrogens is 1630 g/mol. The number of phenolic OH excluding ortho intramolecular Hbond substituents is 3. The van der Waals surface area contributed by atoms with Crippen LogP contribution in [-0.2, 0) is 59.1 Å². The van der Waals surface area contributed by atoms with Crippen molar-refractivity contribution in [2.24, 2.45) is 17.4 Å². The molecule has 34 nitrogen and oxygen atoms in total. The van der Waals surface area contributed by atoms with Crippen LogP contribution < -0.4 is 73.5 Å². The van der Waals surface area contributed by atoms with Gasteiger partial charge < -0.3 is 134 Å². The van der Waals surface area contributed by atoms with E-state index in [1.165, 1.54) is 31.3 Å². The van der Waals surface area contributed by atoms with E-state index in [1.807, 2.05) is 50.2 Å². The Morgan fingerprint density at radius 2 is 1.28 bits per heavy atom. The number of nitrogens with two attached hydrogens (primary N) is 2. The second-order valence-corrected chi connectivity index (χ2v) is 31.9. The molecular formula is C83H94Cl3N11O23. The number of aliphatic hydroxyl groups excluding tert-OH is 6. The van der Waals surface area contributed by atoms with Crippen molar-refractivity contribution in [3.05, 3.63) is 176 Å². The van der Waals surface area contributed by atoms with Crippen LogP contribution in [0.2, 0.25) is 15.1 Å². The predicted molar refractivity (Wildman–Crippen MR) is 432 cm³/mol. The van der Waals surface area contributed by atoms with Crippen LogP contribution in [0.5, 0.6) is 46.0 Å². The summed E-state index contributed by atoms with van der Waals surface area (Å²) in [6.45, 7) is 6.40. The first-order valence-electron chi connectivity index (χ1n) is 38.7. The number of unbranched alkanes of at least 4 members (excludes halogenated alkanes) is 1. The number of halogens is 3. The average Bonchev–Trinajstić information content (AvgIpc) is 0.807. The summed E-state index contributed by atoms with van der Waals surface area (Å²) in [5.74, 6) is -14.6. The molecule has 0 aliphatic carbocycles. The summed E-state index contributed by atoms with van der Waals surface area (Å²) in [4.78, 5) is 120. The number of primary amides is 1. The van der Waals surface area contributed by atoms with Crippen molar-refractivity contribution in [3.63, 3.8) is 0 Å². The molecule has 22 N–H and O–H groups in total. The summed E-state index contributed by atoms with van der Waals surface area (Å²) in [6, 6.07) is 15.4. The number of aliphatic hydroxyl groups is 6. The molecule has 7 aromatic rings. The summed E-state index contributed by atoms with van der Waals surface area (Å²) >= 11 is 20.6. The Hall–Kier alpha value is -10.5. The van der Waals surface area contributed by atoms with Crippen LogP contribution in [0.3, 0.4) is 0 Å². The topological polar surface area (TPSA) is 534 Å². The number of carbonyl (C=O) groups is 8. The average molecular weight is 1720 g/mol.